The van der Waals surface area contributed by atoms with Gasteiger partial charge in [0, 0.05) is 16.7 Å². The number of anilines is 1. The summed E-state index contributed by atoms with van der Waals surface area (Å²) in [5.41, 5.74) is 6.26. The Bertz CT molecular complexity index is 414. The van der Waals surface area contributed by atoms with E-state index >= 15 is 0 Å². The lowest BCUT2D eigenvalue weighted by Gasteiger charge is -2.25. The van der Waals surface area contributed by atoms with E-state index in [2.05, 4.69) is 21.2 Å². The van der Waals surface area contributed by atoms with E-state index in [9.17, 15) is 4.79 Å². The van der Waals surface area contributed by atoms with Gasteiger partial charge in [-0.05, 0) is 31.0 Å². The summed E-state index contributed by atoms with van der Waals surface area (Å²) in [7, 11) is 0. The third-order valence-electron chi connectivity index (χ3n) is 3.52. The van der Waals surface area contributed by atoms with E-state index in [1.165, 1.54) is 0 Å². The zero-order valence-electron chi connectivity index (χ0n) is 9.71. The largest absolute Gasteiger partial charge is 0.329 e. The van der Waals surface area contributed by atoms with Gasteiger partial charge >= 0.3 is 0 Å². The second-order valence-corrected chi connectivity index (χ2v) is 5.57. The maximum Gasteiger partial charge on any atom is 0.231 e. The molecule has 17 heavy (non-hydrogen) atoms. The number of hydrogen-bond acceptors (Lipinski definition) is 2. The highest BCUT2D eigenvalue weighted by atomic mass is 79.9. The first-order valence-corrected chi connectivity index (χ1v) is 6.73. The second-order valence-electron chi connectivity index (χ2n) is 4.66. The van der Waals surface area contributed by atoms with Gasteiger partial charge in [-0.3, -0.25) is 4.79 Å². The van der Waals surface area contributed by atoms with Gasteiger partial charge in [-0.2, -0.15) is 0 Å². The number of benzene rings is 1. The Kier molecular flexibility index (Phi) is 3.84. The second kappa shape index (κ2) is 5.19. The van der Waals surface area contributed by atoms with Crippen molar-refractivity contribution in [2.75, 3.05) is 11.9 Å². The molecule has 0 saturated heterocycles. The normalized spacial score (nSPS) is 18.0. The lowest BCUT2D eigenvalue weighted by Crippen LogP contribution is -2.40. The van der Waals surface area contributed by atoms with Crippen molar-refractivity contribution in [3.05, 3.63) is 28.7 Å². The average molecular weight is 297 g/mol. The zero-order valence-corrected chi connectivity index (χ0v) is 11.3. The predicted octanol–water partition coefficient (Wildman–Crippen LogP) is 2.91. The molecule has 0 unspecified atom stereocenters. The minimum atomic E-state index is -0.345. The van der Waals surface area contributed by atoms with Crippen molar-refractivity contribution in [3.63, 3.8) is 0 Å². The van der Waals surface area contributed by atoms with Crippen LogP contribution in [0.15, 0.2) is 28.7 Å². The van der Waals surface area contributed by atoms with Crippen molar-refractivity contribution >= 4 is 27.5 Å². The Hall–Kier alpha value is -0.870. The van der Waals surface area contributed by atoms with E-state index in [0.717, 1.165) is 35.8 Å². The highest BCUT2D eigenvalue weighted by molar-refractivity contribution is 9.10. The number of carbonyl (C=O) groups is 1. The molecule has 3 N–H and O–H groups in total. The first-order chi connectivity index (χ1) is 8.16. The molecule has 92 valence electrons. The fourth-order valence-corrected chi connectivity index (χ4v) is 2.80. The van der Waals surface area contributed by atoms with Gasteiger partial charge < -0.3 is 11.1 Å². The van der Waals surface area contributed by atoms with Crippen LogP contribution in [0.4, 0.5) is 5.69 Å². The van der Waals surface area contributed by atoms with Crippen molar-refractivity contribution < 1.29 is 4.79 Å². The quantitative estimate of drug-likeness (QED) is 0.901. The molecule has 1 aromatic carbocycles. The molecule has 0 aliphatic heterocycles. The molecule has 0 radical (unpaired) electrons. The highest BCUT2D eigenvalue weighted by Crippen LogP contribution is 2.38. The van der Waals surface area contributed by atoms with Crippen LogP contribution in [0, 0.1) is 5.41 Å². The minimum absolute atomic E-state index is 0.0654. The maximum absolute atomic E-state index is 12.3. The summed E-state index contributed by atoms with van der Waals surface area (Å²) in [5, 5.41) is 2.97. The first kappa shape index (κ1) is 12.6. The van der Waals surface area contributed by atoms with Gasteiger partial charge in [-0.1, -0.05) is 34.8 Å². The maximum atomic E-state index is 12.3. The van der Waals surface area contributed by atoms with Gasteiger partial charge in [0.15, 0.2) is 0 Å². The zero-order chi connectivity index (χ0) is 12.3. The van der Waals surface area contributed by atoms with Crippen LogP contribution in [0.3, 0.4) is 0 Å². The van der Waals surface area contributed by atoms with Crippen molar-refractivity contribution in [3.8, 4) is 0 Å². The van der Waals surface area contributed by atoms with Crippen LogP contribution in [-0.4, -0.2) is 12.5 Å². The van der Waals surface area contributed by atoms with Crippen molar-refractivity contribution in [1.82, 2.24) is 0 Å². The molecule has 0 aromatic heterocycles. The summed E-state index contributed by atoms with van der Waals surface area (Å²) in [5.74, 6) is 0.0654. The van der Waals surface area contributed by atoms with E-state index in [1.807, 2.05) is 24.3 Å². The lowest BCUT2D eigenvalue weighted by atomic mass is 9.85. The summed E-state index contributed by atoms with van der Waals surface area (Å²) >= 11 is 3.39. The number of nitrogens with two attached hydrogens (primary N) is 1. The summed E-state index contributed by atoms with van der Waals surface area (Å²) < 4.78 is 0.962. The molecule has 0 bridgehead atoms. The molecule has 3 nitrogen and oxygen atoms in total. The standard InChI is InChI=1S/C13H17BrN2O/c14-10-4-3-5-11(8-10)16-12(17)13(9-15)6-1-2-7-13/h3-5,8H,1-2,6-7,9,15H2,(H,16,17). The van der Waals surface area contributed by atoms with Crippen molar-refractivity contribution in [2.45, 2.75) is 25.7 Å². The van der Waals surface area contributed by atoms with Crippen LogP contribution < -0.4 is 11.1 Å². The van der Waals surface area contributed by atoms with Gasteiger partial charge in [-0.15, -0.1) is 0 Å². The Morgan fingerprint density at radius 2 is 2.12 bits per heavy atom. The van der Waals surface area contributed by atoms with Crippen LogP contribution in [-0.2, 0) is 4.79 Å². The van der Waals surface area contributed by atoms with Crippen LogP contribution in [0.1, 0.15) is 25.7 Å². The Balaban J connectivity index is 2.10. The van der Waals surface area contributed by atoms with Gasteiger partial charge in [0.05, 0.1) is 5.41 Å². The molecule has 1 aliphatic carbocycles. The number of halogens is 1. The van der Waals surface area contributed by atoms with Gasteiger partial charge in [0.1, 0.15) is 0 Å². The Morgan fingerprint density at radius 3 is 2.71 bits per heavy atom. The third kappa shape index (κ3) is 2.69. The summed E-state index contributed by atoms with van der Waals surface area (Å²) in [6, 6.07) is 7.63. The molecule has 0 heterocycles. The fourth-order valence-electron chi connectivity index (χ4n) is 2.41. The number of carbonyl (C=O) groups excluding carboxylic acids is 1. The number of hydrogen-bond donors (Lipinski definition) is 2. The fraction of sp³-hybridized carbons (Fsp3) is 0.462. The topological polar surface area (TPSA) is 55.1 Å². The summed E-state index contributed by atoms with van der Waals surface area (Å²) in [4.78, 5) is 12.3. The number of rotatable bonds is 3. The van der Waals surface area contributed by atoms with E-state index < -0.39 is 0 Å². The lowest BCUT2D eigenvalue weighted by molar-refractivity contribution is -0.124. The SMILES string of the molecule is NCC1(C(=O)Nc2cccc(Br)c2)CCCC1. The van der Waals surface area contributed by atoms with Crippen molar-refractivity contribution in [2.24, 2.45) is 11.1 Å². The third-order valence-corrected chi connectivity index (χ3v) is 4.01. The van der Waals surface area contributed by atoms with Gasteiger partial charge in [0.2, 0.25) is 5.91 Å². The predicted molar refractivity (Wildman–Crippen MR) is 72.7 cm³/mol. The van der Waals surface area contributed by atoms with Gasteiger partial charge in [-0.25, -0.2) is 0 Å². The molecule has 1 aliphatic rings. The number of nitrogens with one attached hydrogen (secondary N) is 1. The smallest absolute Gasteiger partial charge is 0.231 e. The summed E-state index contributed by atoms with van der Waals surface area (Å²) in [6.45, 7) is 0.437. The average Bonchev–Trinajstić information content (AvgIpc) is 2.78. The molecule has 2 rings (SSSR count). The van der Waals surface area contributed by atoms with Crippen LogP contribution in [0.25, 0.3) is 0 Å². The van der Waals surface area contributed by atoms with Gasteiger partial charge in [0.25, 0.3) is 0 Å². The highest BCUT2D eigenvalue weighted by Gasteiger charge is 2.39. The number of amides is 1. The Morgan fingerprint density at radius 1 is 1.41 bits per heavy atom. The van der Waals surface area contributed by atoms with E-state index in [0.29, 0.717) is 6.54 Å². The first-order valence-electron chi connectivity index (χ1n) is 5.93. The van der Waals surface area contributed by atoms with Crippen LogP contribution >= 0.6 is 15.9 Å². The minimum Gasteiger partial charge on any atom is -0.329 e. The molecule has 1 saturated carbocycles. The molecule has 1 amide bonds. The molecule has 0 spiro atoms. The van der Waals surface area contributed by atoms with E-state index in [1.54, 1.807) is 0 Å². The van der Waals surface area contributed by atoms with Crippen LogP contribution in [0.5, 0.6) is 0 Å². The molecular formula is C13H17BrN2O. The monoisotopic (exact) mass is 296 g/mol. The van der Waals surface area contributed by atoms with E-state index in [-0.39, 0.29) is 11.3 Å². The van der Waals surface area contributed by atoms with Crippen LogP contribution in [0.2, 0.25) is 0 Å². The molecule has 1 fully saturated rings. The van der Waals surface area contributed by atoms with E-state index in [4.69, 9.17) is 5.73 Å². The molecule has 0 atom stereocenters. The molecule has 4 heteroatoms. The molecular weight excluding hydrogens is 280 g/mol. The Labute approximate surface area is 110 Å². The summed E-state index contributed by atoms with van der Waals surface area (Å²) in [6.07, 6.45) is 4.01. The molecule has 1 aromatic rings. The van der Waals surface area contributed by atoms with Crippen molar-refractivity contribution in [1.29, 1.82) is 0 Å².